The highest BCUT2D eigenvalue weighted by molar-refractivity contribution is 6.06. The summed E-state index contributed by atoms with van der Waals surface area (Å²) in [6.45, 7) is 0. The van der Waals surface area contributed by atoms with Gasteiger partial charge in [0, 0.05) is 25.5 Å². The van der Waals surface area contributed by atoms with Gasteiger partial charge in [-0.1, -0.05) is 12.1 Å². The number of nitrogens with zero attached hydrogens (tertiary/aromatic N) is 3. The Labute approximate surface area is 180 Å². The zero-order valence-electron chi connectivity index (χ0n) is 16.8. The molecular weight excluding hydrogens is 420 g/mol. The second kappa shape index (κ2) is 8.42. The van der Waals surface area contributed by atoms with Crippen molar-refractivity contribution in [1.29, 1.82) is 0 Å². The Balaban J connectivity index is 1.67. The lowest BCUT2D eigenvalue weighted by Crippen LogP contribution is -2.44. The molecule has 8 nitrogen and oxygen atoms in total. The number of carbonyl (C=O) groups excluding carboxylic acids is 2. The Morgan fingerprint density at radius 3 is 2.56 bits per heavy atom. The van der Waals surface area contributed by atoms with E-state index in [1.807, 2.05) is 0 Å². The summed E-state index contributed by atoms with van der Waals surface area (Å²) in [5.74, 6) is -1.87. The molecule has 2 N–H and O–H groups in total. The van der Waals surface area contributed by atoms with E-state index in [4.69, 9.17) is 0 Å². The van der Waals surface area contributed by atoms with Crippen molar-refractivity contribution in [1.82, 2.24) is 20.0 Å². The second-order valence-corrected chi connectivity index (χ2v) is 7.02. The van der Waals surface area contributed by atoms with Gasteiger partial charge in [0.2, 0.25) is 0 Å². The van der Waals surface area contributed by atoms with Crippen LogP contribution in [0.3, 0.4) is 0 Å². The molecule has 3 amide bonds. The van der Waals surface area contributed by atoms with Crippen LogP contribution >= 0.6 is 0 Å². The van der Waals surface area contributed by atoms with Crippen LogP contribution in [0.4, 0.5) is 19.3 Å². The number of benzene rings is 2. The predicted molar refractivity (Wildman–Crippen MR) is 112 cm³/mol. The Morgan fingerprint density at radius 2 is 1.84 bits per heavy atom. The summed E-state index contributed by atoms with van der Waals surface area (Å²) in [5, 5.41) is 9.08. The molecule has 0 saturated heterocycles. The van der Waals surface area contributed by atoms with Gasteiger partial charge in [-0.15, -0.1) is 0 Å². The van der Waals surface area contributed by atoms with Gasteiger partial charge in [-0.25, -0.2) is 13.6 Å². The number of aromatic nitrogens is 2. The number of anilines is 1. The topological polar surface area (TPSA) is 96.3 Å². The lowest BCUT2D eigenvalue weighted by molar-refractivity contribution is -0.113. The van der Waals surface area contributed by atoms with Crippen LogP contribution in [0.1, 0.15) is 11.6 Å². The largest absolute Gasteiger partial charge is 0.327 e. The summed E-state index contributed by atoms with van der Waals surface area (Å²) in [6.07, 6.45) is 2.73. The normalized spacial score (nSPS) is 15.7. The van der Waals surface area contributed by atoms with Crippen LogP contribution in [0.2, 0.25) is 0 Å². The summed E-state index contributed by atoms with van der Waals surface area (Å²) in [7, 11) is 1.46. The average Bonchev–Trinajstić information content (AvgIpc) is 2.78. The minimum absolute atomic E-state index is 0.110. The smallest absolute Gasteiger partial charge is 0.321 e. The van der Waals surface area contributed by atoms with Crippen molar-refractivity contribution in [3.8, 4) is 5.69 Å². The van der Waals surface area contributed by atoms with Crippen LogP contribution < -0.4 is 16.2 Å². The van der Waals surface area contributed by atoms with E-state index in [9.17, 15) is 23.2 Å². The van der Waals surface area contributed by atoms with Crippen molar-refractivity contribution in [2.75, 3.05) is 12.4 Å². The molecule has 162 valence electrons. The highest BCUT2D eigenvalue weighted by atomic mass is 19.1. The van der Waals surface area contributed by atoms with Crippen molar-refractivity contribution in [3.05, 3.63) is 100 Å². The maximum atomic E-state index is 14.5. The van der Waals surface area contributed by atoms with Gasteiger partial charge in [-0.3, -0.25) is 9.59 Å². The first kappa shape index (κ1) is 20.9. The molecular formula is C22H17F2N5O3. The fraction of sp³-hybridized carbons (Fsp3) is 0.0909. The standard InChI is InChI=1S/C22H17F2N5O3/c1-28-12-16(20(27-22(28)32)13-4-6-14(23)7-5-13)21(31)26-18-11-15(8-9-17(18)24)29-19(30)3-2-10-25-29/h2-12,20H,1H3,(H,26,31)(H,27,32). The molecule has 2 aromatic carbocycles. The van der Waals surface area contributed by atoms with Crippen molar-refractivity contribution in [2.45, 2.75) is 6.04 Å². The molecule has 0 radical (unpaired) electrons. The van der Waals surface area contributed by atoms with Crippen LogP contribution in [0.25, 0.3) is 5.69 Å². The van der Waals surface area contributed by atoms with Crippen molar-refractivity contribution in [2.24, 2.45) is 0 Å². The molecule has 4 rings (SSSR count). The average molecular weight is 437 g/mol. The molecule has 0 aliphatic carbocycles. The molecule has 0 bridgehead atoms. The van der Waals surface area contributed by atoms with Crippen molar-refractivity contribution in [3.63, 3.8) is 0 Å². The van der Waals surface area contributed by atoms with Crippen molar-refractivity contribution >= 4 is 17.6 Å². The minimum atomic E-state index is -0.871. The van der Waals surface area contributed by atoms with E-state index in [2.05, 4.69) is 15.7 Å². The number of urea groups is 1. The SMILES string of the molecule is CN1C=C(C(=O)Nc2cc(-n3ncccc3=O)ccc2F)C(c2ccc(F)cc2)NC1=O. The van der Waals surface area contributed by atoms with Gasteiger partial charge in [0.25, 0.3) is 11.5 Å². The van der Waals surface area contributed by atoms with Gasteiger partial charge >= 0.3 is 6.03 Å². The number of hydrogen-bond acceptors (Lipinski definition) is 4. The first-order valence-electron chi connectivity index (χ1n) is 9.49. The van der Waals surface area contributed by atoms with Crippen LogP contribution in [0.5, 0.6) is 0 Å². The van der Waals surface area contributed by atoms with Gasteiger partial charge in [-0.2, -0.15) is 9.78 Å². The number of amides is 3. The van der Waals surface area contributed by atoms with E-state index >= 15 is 0 Å². The Kier molecular flexibility index (Phi) is 5.50. The maximum Gasteiger partial charge on any atom is 0.321 e. The van der Waals surface area contributed by atoms with E-state index in [0.717, 1.165) is 10.7 Å². The molecule has 1 aliphatic heterocycles. The summed E-state index contributed by atoms with van der Waals surface area (Å²) >= 11 is 0. The number of carbonyl (C=O) groups is 2. The van der Waals surface area contributed by atoms with E-state index in [1.54, 1.807) is 0 Å². The molecule has 10 heteroatoms. The highest BCUT2D eigenvalue weighted by Gasteiger charge is 2.31. The zero-order valence-corrected chi connectivity index (χ0v) is 16.8. The zero-order chi connectivity index (χ0) is 22.8. The third-order valence-corrected chi connectivity index (χ3v) is 4.86. The van der Waals surface area contributed by atoms with Gasteiger partial charge in [0.15, 0.2) is 0 Å². The van der Waals surface area contributed by atoms with Gasteiger partial charge in [0.05, 0.1) is 23.0 Å². The third-order valence-electron chi connectivity index (χ3n) is 4.86. The van der Waals surface area contributed by atoms with Crippen molar-refractivity contribution < 1.29 is 18.4 Å². The summed E-state index contributed by atoms with van der Waals surface area (Å²) < 4.78 is 28.8. The highest BCUT2D eigenvalue weighted by Crippen LogP contribution is 2.28. The molecule has 32 heavy (non-hydrogen) atoms. The molecule has 3 aromatic rings. The van der Waals surface area contributed by atoms with Gasteiger partial charge < -0.3 is 15.5 Å². The lowest BCUT2D eigenvalue weighted by Gasteiger charge is -2.30. The van der Waals surface area contributed by atoms with Gasteiger partial charge in [-0.05, 0) is 42.0 Å². The molecule has 0 saturated carbocycles. The Bertz CT molecular complexity index is 1290. The molecule has 0 spiro atoms. The number of rotatable bonds is 4. The minimum Gasteiger partial charge on any atom is -0.327 e. The monoisotopic (exact) mass is 437 g/mol. The number of nitrogens with one attached hydrogen (secondary N) is 2. The van der Waals surface area contributed by atoms with E-state index < -0.39 is 35.2 Å². The second-order valence-electron chi connectivity index (χ2n) is 7.02. The van der Waals surface area contributed by atoms with Crippen LogP contribution in [0.15, 0.2) is 77.4 Å². The fourth-order valence-electron chi connectivity index (χ4n) is 3.24. The number of hydrogen-bond donors (Lipinski definition) is 2. The summed E-state index contributed by atoms with van der Waals surface area (Å²) in [6, 6.07) is 10.5. The van der Waals surface area contributed by atoms with E-state index in [0.29, 0.717) is 5.56 Å². The fourth-order valence-corrected chi connectivity index (χ4v) is 3.24. The molecule has 1 aromatic heterocycles. The molecule has 1 aliphatic rings. The first-order valence-corrected chi connectivity index (χ1v) is 9.49. The molecule has 1 unspecified atom stereocenters. The summed E-state index contributed by atoms with van der Waals surface area (Å²) in [4.78, 5) is 38.4. The van der Waals surface area contributed by atoms with E-state index in [-0.39, 0.29) is 16.9 Å². The quantitative estimate of drug-likeness (QED) is 0.656. The van der Waals surface area contributed by atoms with Crippen LogP contribution in [-0.2, 0) is 4.79 Å². The first-order chi connectivity index (χ1) is 15.3. The van der Waals surface area contributed by atoms with Crippen LogP contribution in [0, 0.1) is 11.6 Å². The van der Waals surface area contributed by atoms with Gasteiger partial charge in [0.1, 0.15) is 11.6 Å². The lowest BCUT2D eigenvalue weighted by atomic mass is 9.97. The maximum absolute atomic E-state index is 14.5. The number of halogens is 2. The molecule has 1 atom stereocenters. The Morgan fingerprint density at radius 1 is 1.09 bits per heavy atom. The van der Waals surface area contributed by atoms with Crippen LogP contribution in [-0.4, -0.2) is 33.7 Å². The Hall–Kier alpha value is -4.34. The van der Waals surface area contributed by atoms with E-state index in [1.165, 1.54) is 72.9 Å². The molecule has 2 heterocycles. The molecule has 0 fully saturated rings. The predicted octanol–water partition coefficient (Wildman–Crippen LogP) is 2.73. The third kappa shape index (κ3) is 4.10. The summed E-state index contributed by atoms with van der Waals surface area (Å²) in [5.41, 5.74) is 0.239.